The second kappa shape index (κ2) is 7.66. The van der Waals surface area contributed by atoms with Crippen LogP contribution in [-0.2, 0) is 4.79 Å². The van der Waals surface area contributed by atoms with E-state index >= 15 is 0 Å². The average Bonchev–Trinajstić information content (AvgIpc) is 2.98. The minimum absolute atomic E-state index is 0.138. The van der Waals surface area contributed by atoms with E-state index in [0.717, 1.165) is 38.8 Å². The lowest BCUT2D eigenvalue weighted by atomic mass is 9.84. The van der Waals surface area contributed by atoms with Gasteiger partial charge >= 0.3 is 6.18 Å². The summed E-state index contributed by atoms with van der Waals surface area (Å²) in [4.78, 5) is 12.1. The number of carbonyl (C=O) groups excluding carboxylic acids is 1. The van der Waals surface area contributed by atoms with Crippen molar-refractivity contribution in [3.05, 3.63) is 0 Å². The van der Waals surface area contributed by atoms with Gasteiger partial charge in [0.1, 0.15) is 6.04 Å². The van der Waals surface area contributed by atoms with Crippen LogP contribution in [0.1, 0.15) is 51.9 Å². The molecule has 22 heavy (non-hydrogen) atoms. The standard InChI is InChI=1S/C16H27F3N2O/c1-11(12-6-8-20-9-7-12)10-14(22)21-15(16(17,18)19)13-4-2-3-5-13/h11-13,15,20H,2-10H2,1H3,(H,21,22). The first kappa shape index (κ1) is 17.6. The summed E-state index contributed by atoms with van der Waals surface area (Å²) in [6.07, 6.45) is 0.645. The summed E-state index contributed by atoms with van der Waals surface area (Å²) in [5, 5.41) is 5.55. The fourth-order valence-electron chi connectivity index (χ4n) is 3.86. The highest BCUT2D eigenvalue weighted by Crippen LogP contribution is 2.36. The highest BCUT2D eigenvalue weighted by molar-refractivity contribution is 5.76. The van der Waals surface area contributed by atoms with E-state index in [1.807, 2.05) is 6.92 Å². The maximum atomic E-state index is 13.2. The van der Waals surface area contributed by atoms with Crippen molar-refractivity contribution in [3.8, 4) is 0 Å². The van der Waals surface area contributed by atoms with Crippen molar-refractivity contribution in [1.29, 1.82) is 0 Å². The molecule has 2 aliphatic rings. The Bertz CT molecular complexity index is 361. The van der Waals surface area contributed by atoms with Crippen LogP contribution < -0.4 is 10.6 Å². The molecule has 1 amide bonds. The van der Waals surface area contributed by atoms with Crippen molar-refractivity contribution in [2.45, 2.75) is 64.1 Å². The summed E-state index contributed by atoms with van der Waals surface area (Å²) in [7, 11) is 0. The molecular weight excluding hydrogens is 293 g/mol. The molecule has 2 atom stereocenters. The summed E-state index contributed by atoms with van der Waals surface area (Å²) in [5.74, 6) is -0.319. The van der Waals surface area contributed by atoms with E-state index in [9.17, 15) is 18.0 Å². The van der Waals surface area contributed by atoms with Gasteiger partial charge in [-0.3, -0.25) is 4.79 Å². The molecule has 2 unspecified atom stereocenters. The van der Waals surface area contributed by atoms with Gasteiger partial charge in [0.05, 0.1) is 0 Å². The number of nitrogens with one attached hydrogen (secondary N) is 2. The van der Waals surface area contributed by atoms with Crippen molar-refractivity contribution in [2.75, 3.05) is 13.1 Å². The maximum absolute atomic E-state index is 13.2. The molecule has 2 rings (SSSR count). The van der Waals surface area contributed by atoms with Crippen molar-refractivity contribution in [1.82, 2.24) is 10.6 Å². The van der Waals surface area contributed by atoms with Crippen LogP contribution in [0.15, 0.2) is 0 Å². The number of rotatable bonds is 5. The summed E-state index contributed by atoms with van der Waals surface area (Å²) < 4.78 is 39.6. The number of alkyl halides is 3. The minimum atomic E-state index is -4.34. The maximum Gasteiger partial charge on any atom is 0.408 e. The van der Waals surface area contributed by atoms with Crippen molar-refractivity contribution in [2.24, 2.45) is 17.8 Å². The van der Waals surface area contributed by atoms with Crippen LogP contribution in [0.5, 0.6) is 0 Å². The monoisotopic (exact) mass is 320 g/mol. The number of carbonyl (C=O) groups is 1. The van der Waals surface area contributed by atoms with E-state index in [-0.39, 0.29) is 12.3 Å². The minimum Gasteiger partial charge on any atom is -0.344 e. The molecular formula is C16H27F3N2O. The Morgan fingerprint density at radius 2 is 1.73 bits per heavy atom. The molecule has 1 aliphatic carbocycles. The lowest BCUT2D eigenvalue weighted by molar-refractivity contribution is -0.172. The molecule has 0 bridgehead atoms. The molecule has 0 aromatic rings. The molecule has 3 nitrogen and oxygen atoms in total. The van der Waals surface area contributed by atoms with Gasteiger partial charge in [-0.2, -0.15) is 13.2 Å². The molecule has 2 N–H and O–H groups in total. The van der Waals surface area contributed by atoms with Gasteiger partial charge in [0.2, 0.25) is 5.91 Å². The third kappa shape index (κ3) is 4.86. The predicted molar refractivity (Wildman–Crippen MR) is 79.3 cm³/mol. The van der Waals surface area contributed by atoms with Gasteiger partial charge < -0.3 is 10.6 Å². The second-order valence-corrected chi connectivity index (χ2v) is 6.90. The molecule has 1 saturated carbocycles. The van der Waals surface area contributed by atoms with Gasteiger partial charge in [-0.25, -0.2) is 0 Å². The first-order valence-electron chi connectivity index (χ1n) is 8.44. The summed E-state index contributed by atoms with van der Waals surface area (Å²) in [5.41, 5.74) is 0. The zero-order valence-corrected chi connectivity index (χ0v) is 13.2. The Balaban J connectivity index is 1.87. The molecule has 1 heterocycles. The van der Waals surface area contributed by atoms with Gasteiger partial charge in [0.25, 0.3) is 0 Å². The number of piperidine rings is 1. The largest absolute Gasteiger partial charge is 0.408 e. The van der Waals surface area contributed by atoms with Gasteiger partial charge in [-0.15, -0.1) is 0 Å². The van der Waals surface area contributed by atoms with Crippen LogP contribution in [-0.4, -0.2) is 31.2 Å². The number of halogens is 3. The zero-order chi connectivity index (χ0) is 16.2. The fourth-order valence-corrected chi connectivity index (χ4v) is 3.86. The van der Waals surface area contributed by atoms with Gasteiger partial charge in [-0.1, -0.05) is 19.8 Å². The van der Waals surface area contributed by atoms with Gasteiger partial charge in [0, 0.05) is 6.42 Å². The topological polar surface area (TPSA) is 41.1 Å². The molecule has 2 fully saturated rings. The van der Waals surface area contributed by atoms with Gasteiger partial charge in [0.15, 0.2) is 0 Å². The first-order chi connectivity index (χ1) is 10.4. The number of hydrogen-bond acceptors (Lipinski definition) is 2. The second-order valence-electron chi connectivity index (χ2n) is 6.90. The molecule has 0 aromatic carbocycles. The van der Waals surface area contributed by atoms with E-state index in [2.05, 4.69) is 10.6 Å². The highest BCUT2D eigenvalue weighted by atomic mass is 19.4. The van der Waals surface area contributed by atoms with Crippen LogP contribution in [0, 0.1) is 17.8 Å². The van der Waals surface area contributed by atoms with E-state index in [4.69, 9.17) is 0 Å². The van der Waals surface area contributed by atoms with E-state index in [1.54, 1.807) is 0 Å². The summed E-state index contributed by atoms with van der Waals surface area (Å²) in [6.45, 7) is 3.85. The Hall–Kier alpha value is -0.780. The Morgan fingerprint density at radius 1 is 1.14 bits per heavy atom. The van der Waals surface area contributed by atoms with E-state index < -0.39 is 24.0 Å². The summed E-state index contributed by atoms with van der Waals surface area (Å²) >= 11 is 0. The van der Waals surface area contributed by atoms with Crippen LogP contribution in [0.3, 0.4) is 0 Å². The molecule has 0 spiro atoms. The molecule has 6 heteroatoms. The quantitative estimate of drug-likeness (QED) is 0.816. The average molecular weight is 320 g/mol. The molecule has 1 aliphatic heterocycles. The van der Waals surface area contributed by atoms with Crippen molar-refractivity contribution < 1.29 is 18.0 Å². The van der Waals surface area contributed by atoms with Crippen molar-refractivity contribution >= 4 is 5.91 Å². The van der Waals surface area contributed by atoms with E-state index in [0.29, 0.717) is 18.8 Å². The lowest BCUT2D eigenvalue weighted by Gasteiger charge is -2.30. The smallest absolute Gasteiger partial charge is 0.344 e. The normalized spacial score (nSPS) is 24.2. The van der Waals surface area contributed by atoms with Crippen LogP contribution in [0.4, 0.5) is 13.2 Å². The van der Waals surface area contributed by atoms with Crippen molar-refractivity contribution in [3.63, 3.8) is 0 Å². The number of amides is 1. The molecule has 0 aromatic heterocycles. The third-order valence-electron chi connectivity index (χ3n) is 5.24. The van der Waals surface area contributed by atoms with E-state index in [1.165, 1.54) is 0 Å². The highest BCUT2D eigenvalue weighted by Gasteiger charge is 2.46. The SMILES string of the molecule is CC(CC(=O)NC(C1CCCC1)C(F)(F)F)C1CCNCC1. The van der Waals surface area contributed by atoms with Crippen LogP contribution in [0.2, 0.25) is 0 Å². The van der Waals surface area contributed by atoms with Gasteiger partial charge in [-0.05, 0) is 56.5 Å². The Kier molecular flexibility index (Phi) is 6.12. The third-order valence-corrected chi connectivity index (χ3v) is 5.24. The first-order valence-corrected chi connectivity index (χ1v) is 8.44. The lowest BCUT2D eigenvalue weighted by Crippen LogP contribution is -2.50. The Morgan fingerprint density at radius 3 is 2.27 bits per heavy atom. The van der Waals surface area contributed by atoms with Crippen LogP contribution in [0.25, 0.3) is 0 Å². The molecule has 1 saturated heterocycles. The zero-order valence-electron chi connectivity index (χ0n) is 13.2. The summed E-state index contributed by atoms with van der Waals surface area (Å²) in [6, 6.07) is -1.66. The van der Waals surface area contributed by atoms with Crippen LogP contribution >= 0.6 is 0 Å². The molecule has 128 valence electrons. The molecule has 0 radical (unpaired) electrons. The Labute approximate surface area is 130 Å². The predicted octanol–water partition coefficient (Wildman–Crippen LogP) is 3.25. The number of hydrogen-bond donors (Lipinski definition) is 2. The fraction of sp³-hybridized carbons (Fsp3) is 0.938.